The number of hydrogen-bond acceptors (Lipinski definition) is 6. The van der Waals surface area contributed by atoms with E-state index in [1.165, 1.54) is 24.5 Å². The summed E-state index contributed by atoms with van der Waals surface area (Å²) in [6.07, 6.45) is 2.85. The Bertz CT molecular complexity index is 935. The van der Waals surface area contributed by atoms with E-state index in [1.54, 1.807) is 42.5 Å². The van der Waals surface area contributed by atoms with Crippen LogP contribution in [0.2, 0.25) is 0 Å². The van der Waals surface area contributed by atoms with Crippen molar-refractivity contribution < 1.29 is 14.1 Å². The monoisotopic (exact) mass is 336 g/mol. The Morgan fingerprint density at radius 3 is 2.84 bits per heavy atom. The molecular formula is C17H12N4O4. The summed E-state index contributed by atoms with van der Waals surface area (Å²) in [5.41, 5.74) is 3.14. The minimum atomic E-state index is -0.470. The smallest absolute Gasteiger partial charge is 0.289 e. The third-order valence-corrected chi connectivity index (χ3v) is 3.22. The van der Waals surface area contributed by atoms with Crippen LogP contribution in [-0.2, 0) is 0 Å². The number of hydrogen-bond donors (Lipinski definition) is 1. The normalized spacial score (nSPS) is 10.7. The lowest BCUT2D eigenvalue weighted by molar-refractivity contribution is -0.384. The molecule has 3 aromatic rings. The molecule has 0 fully saturated rings. The Morgan fingerprint density at radius 2 is 2.08 bits per heavy atom. The van der Waals surface area contributed by atoms with Crippen LogP contribution in [0.1, 0.15) is 16.2 Å². The summed E-state index contributed by atoms with van der Waals surface area (Å²) in [5.74, 6) is 0.409. The van der Waals surface area contributed by atoms with Crippen LogP contribution in [0.25, 0.3) is 11.3 Å². The van der Waals surface area contributed by atoms with Gasteiger partial charge in [0, 0.05) is 23.9 Å². The molecule has 0 unspecified atom stereocenters. The molecule has 8 heteroatoms. The van der Waals surface area contributed by atoms with Crippen LogP contribution < -0.4 is 5.43 Å². The molecule has 2 heterocycles. The van der Waals surface area contributed by atoms with Crippen LogP contribution in [0.15, 0.2) is 70.3 Å². The molecule has 0 saturated carbocycles. The van der Waals surface area contributed by atoms with Gasteiger partial charge in [0.25, 0.3) is 11.6 Å². The number of rotatable bonds is 5. The number of aromatic nitrogens is 1. The lowest BCUT2D eigenvalue weighted by Crippen LogP contribution is -2.18. The highest BCUT2D eigenvalue weighted by atomic mass is 16.6. The van der Waals surface area contributed by atoms with Gasteiger partial charge < -0.3 is 4.42 Å². The average Bonchev–Trinajstić information content (AvgIpc) is 3.11. The van der Waals surface area contributed by atoms with Crippen LogP contribution in [-0.4, -0.2) is 22.0 Å². The molecule has 2 aromatic heterocycles. The number of carbonyl (C=O) groups is 1. The second-order valence-corrected chi connectivity index (χ2v) is 4.92. The SMILES string of the molecule is O=C(NN=Cc1ccc(-c2cccc([N+](=O)[O-])c2)o1)c1ccccn1. The molecule has 1 N–H and O–H groups in total. The molecule has 8 nitrogen and oxygen atoms in total. The Balaban J connectivity index is 1.68. The maximum Gasteiger partial charge on any atom is 0.289 e. The predicted octanol–water partition coefficient (Wildman–Crippen LogP) is 3.01. The fourth-order valence-corrected chi connectivity index (χ4v) is 2.06. The first-order valence-corrected chi connectivity index (χ1v) is 7.22. The van der Waals surface area contributed by atoms with E-state index in [0.717, 1.165) is 0 Å². The second-order valence-electron chi connectivity index (χ2n) is 4.92. The van der Waals surface area contributed by atoms with Crippen molar-refractivity contribution in [2.75, 3.05) is 0 Å². The molecule has 0 bridgehead atoms. The number of pyridine rings is 1. The van der Waals surface area contributed by atoms with Gasteiger partial charge in [-0.3, -0.25) is 19.9 Å². The standard InChI is InChI=1S/C17H12N4O4/c22-17(15-6-1-2-9-18-15)20-19-11-14-7-8-16(25-14)12-4-3-5-13(10-12)21(23)24/h1-11H,(H,20,22). The second kappa shape index (κ2) is 7.18. The van der Waals surface area contributed by atoms with E-state index in [9.17, 15) is 14.9 Å². The number of furan rings is 1. The number of nitro groups is 1. The highest BCUT2D eigenvalue weighted by molar-refractivity contribution is 5.92. The van der Waals surface area contributed by atoms with Crippen LogP contribution >= 0.6 is 0 Å². The van der Waals surface area contributed by atoms with Crippen molar-refractivity contribution >= 4 is 17.8 Å². The van der Waals surface area contributed by atoms with Gasteiger partial charge in [-0.2, -0.15) is 5.10 Å². The first-order valence-electron chi connectivity index (χ1n) is 7.22. The quantitative estimate of drug-likeness (QED) is 0.437. The number of non-ortho nitro benzene ring substituents is 1. The molecule has 1 amide bonds. The van der Waals surface area contributed by atoms with Gasteiger partial charge in [0.2, 0.25) is 0 Å². The maximum absolute atomic E-state index is 11.8. The molecule has 0 aliphatic heterocycles. The number of carbonyl (C=O) groups excluding carboxylic acids is 1. The topological polar surface area (TPSA) is 111 Å². The summed E-state index contributed by atoms with van der Waals surface area (Å²) >= 11 is 0. The van der Waals surface area contributed by atoms with Crippen molar-refractivity contribution in [3.05, 3.63) is 82.4 Å². The molecule has 3 rings (SSSR count). The zero-order valence-corrected chi connectivity index (χ0v) is 12.8. The molecule has 124 valence electrons. The number of nitro benzene ring substituents is 1. The van der Waals surface area contributed by atoms with Crippen molar-refractivity contribution in [1.29, 1.82) is 0 Å². The van der Waals surface area contributed by atoms with Crippen LogP contribution in [0.5, 0.6) is 0 Å². The summed E-state index contributed by atoms with van der Waals surface area (Å²) in [5, 5.41) is 14.6. The number of benzene rings is 1. The first-order chi connectivity index (χ1) is 12.1. The van der Waals surface area contributed by atoms with Gasteiger partial charge in [-0.1, -0.05) is 18.2 Å². The predicted molar refractivity (Wildman–Crippen MR) is 90.1 cm³/mol. The van der Waals surface area contributed by atoms with Crippen molar-refractivity contribution in [3.63, 3.8) is 0 Å². The van der Waals surface area contributed by atoms with Crippen molar-refractivity contribution in [2.24, 2.45) is 5.10 Å². The van der Waals surface area contributed by atoms with Gasteiger partial charge in [0.05, 0.1) is 11.1 Å². The summed E-state index contributed by atoms with van der Waals surface area (Å²) in [6.45, 7) is 0. The van der Waals surface area contributed by atoms with Crippen molar-refractivity contribution in [1.82, 2.24) is 10.4 Å². The average molecular weight is 336 g/mol. The zero-order chi connectivity index (χ0) is 17.6. The fraction of sp³-hybridized carbons (Fsp3) is 0. The fourth-order valence-electron chi connectivity index (χ4n) is 2.06. The van der Waals surface area contributed by atoms with Crippen LogP contribution in [0.4, 0.5) is 5.69 Å². The zero-order valence-electron chi connectivity index (χ0n) is 12.8. The minimum Gasteiger partial charge on any atom is -0.455 e. The summed E-state index contributed by atoms with van der Waals surface area (Å²) < 4.78 is 5.55. The van der Waals surface area contributed by atoms with Crippen molar-refractivity contribution in [3.8, 4) is 11.3 Å². The molecule has 0 spiro atoms. The summed E-state index contributed by atoms with van der Waals surface area (Å²) in [7, 11) is 0. The van der Waals surface area contributed by atoms with Crippen molar-refractivity contribution in [2.45, 2.75) is 0 Å². The van der Waals surface area contributed by atoms with Crippen LogP contribution in [0.3, 0.4) is 0 Å². The Hall–Kier alpha value is -3.81. The lowest BCUT2D eigenvalue weighted by atomic mass is 10.1. The number of amides is 1. The van der Waals surface area contributed by atoms with Gasteiger partial charge in [0.1, 0.15) is 17.2 Å². The van der Waals surface area contributed by atoms with Gasteiger partial charge in [-0.05, 0) is 24.3 Å². The maximum atomic E-state index is 11.8. The number of nitrogens with zero attached hydrogens (tertiary/aromatic N) is 3. The Morgan fingerprint density at radius 1 is 1.20 bits per heavy atom. The third-order valence-electron chi connectivity index (χ3n) is 3.22. The molecule has 0 saturated heterocycles. The molecule has 0 atom stereocenters. The van der Waals surface area contributed by atoms with Gasteiger partial charge in [-0.15, -0.1) is 0 Å². The van der Waals surface area contributed by atoms with E-state index in [1.807, 2.05) is 0 Å². The van der Waals surface area contributed by atoms with Gasteiger partial charge >= 0.3 is 0 Å². The largest absolute Gasteiger partial charge is 0.455 e. The van der Waals surface area contributed by atoms with Gasteiger partial charge in [0.15, 0.2) is 0 Å². The van der Waals surface area contributed by atoms with E-state index in [4.69, 9.17) is 4.42 Å². The first kappa shape index (κ1) is 16.1. The molecule has 0 aliphatic rings. The molecule has 0 radical (unpaired) electrons. The third kappa shape index (κ3) is 3.94. The number of hydrazone groups is 1. The molecule has 25 heavy (non-hydrogen) atoms. The highest BCUT2D eigenvalue weighted by Crippen LogP contribution is 2.25. The number of nitrogens with one attached hydrogen (secondary N) is 1. The molecular weight excluding hydrogens is 324 g/mol. The minimum absolute atomic E-state index is 0.0215. The summed E-state index contributed by atoms with van der Waals surface area (Å²) in [4.78, 5) is 26.0. The van der Waals surface area contributed by atoms with E-state index in [0.29, 0.717) is 17.1 Å². The highest BCUT2D eigenvalue weighted by Gasteiger charge is 2.10. The van der Waals surface area contributed by atoms with E-state index in [2.05, 4.69) is 15.5 Å². The van der Waals surface area contributed by atoms with Gasteiger partial charge in [-0.25, -0.2) is 5.43 Å². The summed E-state index contributed by atoms with van der Waals surface area (Å²) in [6, 6.07) is 14.4. The molecule has 1 aromatic carbocycles. The van der Waals surface area contributed by atoms with Crippen LogP contribution in [0, 0.1) is 10.1 Å². The lowest BCUT2D eigenvalue weighted by Gasteiger charge is -1.97. The van der Waals surface area contributed by atoms with E-state index < -0.39 is 10.8 Å². The van der Waals surface area contributed by atoms with E-state index >= 15 is 0 Å². The Kier molecular flexibility index (Phi) is 4.61. The Labute approximate surface area is 142 Å². The molecule has 0 aliphatic carbocycles. The van der Waals surface area contributed by atoms with E-state index in [-0.39, 0.29) is 11.4 Å².